The highest BCUT2D eigenvalue weighted by Gasteiger charge is 2.41. The summed E-state index contributed by atoms with van der Waals surface area (Å²) in [5.41, 5.74) is 3.26. The molecular weight excluding hydrogens is 485 g/mol. The van der Waals surface area contributed by atoms with Gasteiger partial charge in [0.05, 0.1) is 30.8 Å². The van der Waals surface area contributed by atoms with E-state index >= 15 is 0 Å². The first kappa shape index (κ1) is 23.9. The molecule has 36 heavy (non-hydrogen) atoms. The standard InChI is InChI=1S/C26H24FN3O5S/c1-3-19-23(25(32)33-2)24(16-5-7-17(27)8-6-16)30-18(13-36-26(30)29-19)11-22(31)28-12-15-4-9-20-21(10-15)35-14-34-20/h4-10,13,24H,3,11-12,14H2,1-2H3,(H,28,31)/t24-/m0/s1. The van der Waals surface area contributed by atoms with Crippen molar-refractivity contribution in [2.45, 2.75) is 32.4 Å². The fourth-order valence-corrected chi connectivity index (χ4v) is 5.29. The van der Waals surface area contributed by atoms with Crippen molar-refractivity contribution >= 4 is 28.8 Å². The molecule has 0 saturated carbocycles. The fourth-order valence-electron chi connectivity index (χ4n) is 4.35. The number of hydrogen-bond acceptors (Lipinski definition) is 8. The van der Waals surface area contributed by atoms with Crippen molar-refractivity contribution < 1.29 is 28.2 Å². The van der Waals surface area contributed by atoms with Gasteiger partial charge in [-0.2, -0.15) is 0 Å². The van der Waals surface area contributed by atoms with Crippen LogP contribution < -0.4 is 14.8 Å². The topological polar surface area (TPSA) is 89.5 Å². The average Bonchev–Trinajstić information content (AvgIpc) is 3.53. The Morgan fingerprint density at radius 3 is 2.72 bits per heavy atom. The van der Waals surface area contributed by atoms with Crippen LogP contribution in [-0.2, 0) is 20.9 Å². The molecule has 8 nitrogen and oxygen atoms in total. The maximum absolute atomic E-state index is 13.7. The van der Waals surface area contributed by atoms with E-state index in [0.717, 1.165) is 5.56 Å². The highest BCUT2D eigenvalue weighted by atomic mass is 32.2. The maximum Gasteiger partial charge on any atom is 0.338 e. The first-order valence-electron chi connectivity index (χ1n) is 11.4. The zero-order chi connectivity index (χ0) is 25.2. The summed E-state index contributed by atoms with van der Waals surface area (Å²) in [6.45, 7) is 2.43. The molecule has 0 spiro atoms. The second-order valence-corrected chi connectivity index (χ2v) is 9.13. The van der Waals surface area contributed by atoms with E-state index in [1.54, 1.807) is 12.1 Å². The number of rotatable bonds is 7. The van der Waals surface area contributed by atoms with E-state index in [9.17, 15) is 14.0 Å². The predicted octanol–water partition coefficient (Wildman–Crippen LogP) is 4.40. The second kappa shape index (κ2) is 10.1. The molecule has 0 unspecified atom stereocenters. The highest BCUT2D eigenvalue weighted by Crippen LogP contribution is 2.45. The van der Waals surface area contributed by atoms with Gasteiger partial charge >= 0.3 is 5.97 Å². The van der Waals surface area contributed by atoms with Crippen molar-refractivity contribution in [3.8, 4) is 11.5 Å². The third-order valence-corrected chi connectivity index (χ3v) is 6.97. The fraction of sp³-hybridized carbons (Fsp3) is 0.269. The van der Waals surface area contributed by atoms with Crippen molar-refractivity contribution in [3.05, 3.63) is 81.8 Å². The summed E-state index contributed by atoms with van der Waals surface area (Å²) in [6, 6.07) is 10.9. The Balaban J connectivity index is 1.38. The van der Waals surface area contributed by atoms with Crippen LogP contribution in [0.4, 0.5) is 4.39 Å². The van der Waals surface area contributed by atoms with Crippen LogP contribution in [0.2, 0.25) is 0 Å². The zero-order valence-electron chi connectivity index (χ0n) is 19.7. The van der Waals surface area contributed by atoms with Gasteiger partial charge in [0.15, 0.2) is 16.7 Å². The Bertz CT molecular complexity index is 1310. The number of amides is 1. The SMILES string of the molecule is CCC1=C(C(=O)OC)[C@H](c2ccc(F)cc2)N2C(CC(=O)NCc3ccc4c(c3)OCO4)=CSC2=N1. The lowest BCUT2D eigenvalue weighted by Crippen LogP contribution is -2.38. The molecule has 186 valence electrons. The van der Waals surface area contributed by atoms with Crippen LogP contribution in [0.25, 0.3) is 0 Å². The molecule has 0 aromatic heterocycles. The van der Waals surface area contributed by atoms with E-state index < -0.39 is 12.0 Å². The van der Waals surface area contributed by atoms with Gasteiger partial charge in [0, 0.05) is 12.2 Å². The van der Waals surface area contributed by atoms with Crippen LogP contribution in [0, 0.1) is 5.82 Å². The number of nitrogens with one attached hydrogen (secondary N) is 1. The number of fused-ring (bicyclic) bond motifs is 2. The van der Waals surface area contributed by atoms with E-state index in [4.69, 9.17) is 19.2 Å². The summed E-state index contributed by atoms with van der Waals surface area (Å²) in [7, 11) is 1.32. The molecule has 1 N–H and O–H groups in total. The largest absolute Gasteiger partial charge is 0.466 e. The number of ether oxygens (including phenoxy) is 3. The number of halogens is 1. The molecule has 1 amide bonds. The number of nitrogens with zero attached hydrogens (tertiary/aromatic N) is 2. The number of methoxy groups -OCH3 is 1. The molecule has 0 saturated heterocycles. The third-order valence-electron chi connectivity index (χ3n) is 6.08. The summed E-state index contributed by atoms with van der Waals surface area (Å²) in [5, 5.41) is 5.46. The molecule has 10 heteroatoms. The number of thioether (sulfide) groups is 1. The first-order valence-corrected chi connectivity index (χ1v) is 12.3. The van der Waals surface area contributed by atoms with Crippen LogP contribution in [0.3, 0.4) is 0 Å². The van der Waals surface area contributed by atoms with Crippen molar-refractivity contribution in [1.29, 1.82) is 0 Å². The van der Waals surface area contributed by atoms with Gasteiger partial charge in [-0.3, -0.25) is 4.79 Å². The third kappa shape index (κ3) is 4.56. The van der Waals surface area contributed by atoms with E-state index in [2.05, 4.69) is 5.32 Å². The Labute approximate surface area is 211 Å². The smallest absolute Gasteiger partial charge is 0.338 e. The minimum absolute atomic E-state index is 0.0736. The zero-order valence-corrected chi connectivity index (χ0v) is 20.6. The van der Waals surface area contributed by atoms with Crippen LogP contribution in [0.1, 0.15) is 36.9 Å². The molecule has 1 atom stereocenters. The van der Waals surface area contributed by atoms with Crippen molar-refractivity contribution in [2.75, 3.05) is 13.9 Å². The lowest BCUT2D eigenvalue weighted by molar-refractivity contribution is -0.136. The first-order chi connectivity index (χ1) is 17.5. The van der Waals surface area contributed by atoms with E-state index in [0.29, 0.717) is 52.2 Å². The van der Waals surface area contributed by atoms with Gasteiger partial charge in [0.2, 0.25) is 12.7 Å². The Hall–Kier alpha value is -3.79. The molecule has 3 aliphatic heterocycles. The lowest BCUT2D eigenvalue weighted by atomic mass is 9.93. The molecule has 0 fully saturated rings. The number of esters is 1. The van der Waals surface area contributed by atoms with Gasteiger partial charge < -0.3 is 24.4 Å². The number of allylic oxidation sites excluding steroid dienone is 1. The summed E-state index contributed by atoms with van der Waals surface area (Å²) >= 11 is 1.39. The van der Waals surface area contributed by atoms with Crippen molar-refractivity contribution in [3.63, 3.8) is 0 Å². The Morgan fingerprint density at radius 1 is 1.19 bits per heavy atom. The van der Waals surface area contributed by atoms with Gasteiger partial charge in [-0.05, 0) is 47.2 Å². The van der Waals surface area contributed by atoms with Crippen molar-refractivity contribution in [1.82, 2.24) is 10.2 Å². The summed E-state index contributed by atoms with van der Waals surface area (Å²) in [4.78, 5) is 32.3. The van der Waals surface area contributed by atoms with Gasteiger partial charge in [-0.25, -0.2) is 14.2 Å². The number of carbonyl (C=O) groups is 2. The summed E-state index contributed by atoms with van der Waals surface area (Å²) in [6.07, 6.45) is 0.593. The molecule has 2 aromatic rings. The molecule has 5 rings (SSSR count). The highest BCUT2D eigenvalue weighted by molar-refractivity contribution is 8.16. The van der Waals surface area contributed by atoms with Gasteiger partial charge in [-0.15, -0.1) is 0 Å². The summed E-state index contributed by atoms with van der Waals surface area (Å²) in [5.74, 6) is 0.262. The number of hydrogen-bond donors (Lipinski definition) is 1. The second-order valence-electron chi connectivity index (χ2n) is 8.29. The lowest BCUT2D eigenvalue weighted by Gasteiger charge is -2.36. The molecule has 0 aliphatic carbocycles. The molecule has 3 heterocycles. The minimum Gasteiger partial charge on any atom is -0.466 e. The molecule has 0 radical (unpaired) electrons. The van der Waals surface area contributed by atoms with Crippen LogP contribution in [0.15, 0.2) is 69.8 Å². The Kier molecular flexibility index (Phi) is 6.69. The average molecular weight is 510 g/mol. The van der Waals surface area contributed by atoms with Gasteiger partial charge in [0.1, 0.15) is 5.82 Å². The van der Waals surface area contributed by atoms with Crippen LogP contribution in [-0.4, -0.2) is 35.8 Å². The molecule has 3 aliphatic rings. The summed E-state index contributed by atoms with van der Waals surface area (Å²) < 4.78 is 29.5. The van der Waals surface area contributed by atoms with Crippen molar-refractivity contribution in [2.24, 2.45) is 4.99 Å². The number of amidine groups is 1. The predicted molar refractivity (Wildman–Crippen MR) is 132 cm³/mol. The van der Waals surface area contributed by atoms with Gasteiger partial charge in [0.25, 0.3) is 0 Å². The normalized spacial score (nSPS) is 18.0. The molecule has 0 bridgehead atoms. The maximum atomic E-state index is 13.7. The number of benzene rings is 2. The monoisotopic (exact) mass is 509 g/mol. The van der Waals surface area contributed by atoms with Crippen LogP contribution in [0.5, 0.6) is 11.5 Å². The van der Waals surface area contributed by atoms with Gasteiger partial charge in [-0.1, -0.05) is 36.9 Å². The number of aliphatic imine (C=N–C) groups is 1. The molecule has 2 aromatic carbocycles. The van der Waals surface area contributed by atoms with E-state index in [1.165, 1.54) is 31.0 Å². The Morgan fingerprint density at radius 2 is 1.97 bits per heavy atom. The number of carbonyl (C=O) groups excluding carboxylic acids is 2. The molecular formula is C26H24FN3O5S. The van der Waals surface area contributed by atoms with E-state index in [-0.39, 0.29) is 24.9 Å². The minimum atomic E-state index is -0.594. The van der Waals surface area contributed by atoms with Crippen LogP contribution >= 0.6 is 11.8 Å². The van der Waals surface area contributed by atoms with E-state index in [1.807, 2.05) is 35.4 Å². The quantitative estimate of drug-likeness (QED) is 0.554.